The first-order chi connectivity index (χ1) is 13.0. The van der Waals surface area contributed by atoms with Gasteiger partial charge in [0.2, 0.25) is 0 Å². The fraction of sp³-hybridized carbons (Fsp3) is 0.619. The highest BCUT2D eigenvalue weighted by molar-refractivity contribution is 6.04. The van der Waals surface area contributed by atoms with E-state index in [0.717, 1.165) is 62.5 Å². The van der Waals surface area contributed by atoms with Gasteiger partial charge in [0, 0.05) is 38.1 Å². The van der Waals surface area contributed by atoms with Crippen LogP contribution in [0.5, 0.6) is 0 Å². The summed E-state index contributed by atoms with van der Waals surface area (Å²) in [4.78, 5) is 25.5. The van der Waals surface area contributed by atoms with E-state index >= 15 is 0 Å². The van der Waals surface area contributed by atoms with Crippen molar-refractivity contribution >= 4 is 16.9 Å². The summed E-state index contributed by atoms with van der Waals surface area (Å²) < 4.78 is 5.52. The van der Waals surface area contributed by atoms with E-state index in [1.807, 2.05) is 18.2 Å². The van der Waals surface area contributed by atoms with Crippen molar-refractivity contribution in [3.63, 3.8) is 0 Å². The van der Waals surface area contributed by atoms with Gasteiger partial charge in [0.1, 0.15) is 5.52 Å². The largest absolute Gasteiger partial charge is 0.379 e. The van der Waals surface area contributed by atoms with Crippen LogP contribution < -0.4 is 0 Å². The average Bonchev–Trinajstić information content (AvgIpc) is 3.24. The van der Waals surface area contributed by atoms with Crippen LogP contribution in [0.15, 0.2) is 24.5 Å². The maximum absolute atomic E-state index is 13.4. The molecular formula is C21H28N4O2. The Labute approximate surface area is 159 Å². The van der Waals surface area contributed by atoms with E-state index in [9.17, 15) is 4.79 Å². The van der Waals surface area contributed by atoms with Crippen molar-refractivity contribution in [1.82, 2.24) is 19.8 Å². The summed E-state index contributed by atoms with van der Waals surface area (Å²) in [5.41, 5.74) is 2.96. The first kappa shape index (κ1) is 17.2. The molecule has 1 aromatic carbocycles. The van der Waals surface area contributed by atoms with Gasteiger partial charge in [0.25, 0.3) is 5.91 Å². The number of hydrogen-bond donors (Lipinski definition) is 1. The van der Waals surface area contributed by atoms with Crippen LogP contribution in [0.25, 0.3) is 11.0 Å². The number of carbonyl (C=O) groups is 1. The second-order valence-electron chi connectivity index (χ2n) is 9.26. The minimum atomic E-state index is 0.124. The normalized spacial score (nSPS) is 30.3. The van der Waals surface area contributed by atoms with Crippen molar-refractivity contribution in [3.8, 4) is 0 Å². The van der Waals surface area contributed by atoms with Gasteiger partial charge in [-0.2, -0.15) is 0 Å². The van der Waals surface area contributed by atoms with Crippen LogP contribution in [0.3, 0.4) is 0 Å². The molecule has 3 fully saturated rings. The number of hydrogen-bond acceptors (Lipinski definition) is 4. The van der Waals surface area contributed by atoms with Crippen LogP contribution in [0.2, 0.25) is 0 Å². The summed E-state index contributed by atoms with van der Waals surface area (Å²) in [7, 11) is 0. The fourth-order valence-corrected chi connectivity index (χ4v) is 6.01. The molecule has 1 amide bonds. The highest BCUT2D eigenvalue weighted by atomic mass is 16.5. The number of para-hydroxylation sites is 1. The number of benzene rings is 1. The summed E-state index contributed by atoms with van der Waals surface area (Å²) in [6, 6.07) is 5.81. The van der Waals surface area contributed by atoms with Crippen molar-refractivity contribution in [1.29, 1.82) is 0 Å². The standard InChI is InChI=1S/C21H28N4O2/c1-20(2)11-21(12-24-6-8-27-9-7-24)13-25(10-17(20)21)19(26)15-4-3-5-16-18(15)23-14-22-16/h3-5,14,17H,6-13H2,1-2H3,(H,22,23)/t17-,21+/m1/s1. The molecule has 1 aliphatic carbocycles. The summed E-state index contributed by atoms with van der Waals surface area (Å²) in [6.45, 7) is 11.2. The highest BCUT2D eigenvalue weighted by Crippen LogP contribution is 2.63. The van der Waals surface area contributed by atoms with Crippen molar-refractivity contribution in [3.05, 3.63) is 30.1 Å². The molecule has 2 aromatic rings. The first-order valence-corrected chi connectivity index (χ1v) is 10.0. The third-order valence-electron chi connectivity index (χ3n) is 7.01. The third-order valence-corrected chi connectivity index (χ3v) is 7.01. The molecule has 0 radical (unpaired) electrons. The molecule has 3 aliphatic rings. The van der Waals surface area contributed by atoms with Gasteiger partial charge in [-0.05, 0) is 29.9 Å². The van der Waals surface area contributed by atoms with Crippen molar-refractivity contribution in [2.24, 2.45) is 16.7 Å². The molecule has 27 heavy (non-hydrogen) atoms. The van der Waals surface area contributed by atoms with E-state index in [0.29, 0.717) is 11.3 Å². The predicted octanol–water partition coefficient (Wildman–Crippen LogP) is 2.38. The molecule has 2 aliphatic heterocycles. The highest BCUT2D eigenvalue weighted by Gasteiger charge is 2.63. The molecule has 1 saturated carbocycles. The molecule has 0 unspecified atom stereocenters. The number of likely N-dealkylation sites (tertiary alicyclic amines) is 1. The number of morpholine rings is 1. The lowest BCUT2D eigenvalue weighted by atomic mass is 9.48. The van der Waals surface area contributed by atoms with Gasteiger partial charge in [0.15, 0.2) is 0 Å². The zero-order valence-corrected chi connectivity index (χ0v) is 16.2. The second-order valence-corrected chi connectivity index (χ2v) is 9.26. The Bertz CT molecular complexity index is 870. The smallest absolute Gasteiger partial charge is 0.256 e. The van der Waals surface area contributed by atoms with E-state index in [1.54, 1.807) is 6.33 Å². The summed E-state index contributed by atoms with van der Waals surface area (Å²) >= 11 is 0. The van der Waals surface area contributed by atoms with E-state index in [-0.39, 0.29) is 11.3 Å². The fourth-order valence-electron chi connectivity index (χ4n) is 6.01. The Hall–Kier alpha value is -1.92. The maximum Gasteiger partial charge on any atom is 0.256 e. The average molecular weight is 368 g/mol. The van der Waals surface area contributed by atoms with Crippen LogP contribution in [0.1, 0.15) is 30.6 Å². The van der Waals surface area contributed by atoms with Crippen LogP contribution in [-0.4, -0.2) is 71.6 Å². The molecule has 6 nitrogen and oxygen atoms in total. The Morgan fingerprint density at radius 2 is 2.15 bits per heavy atom. The molecule has 0 spiro atoms. The minimum Gasteiger partial charge on any atom is -0.379 e. The molecule has 2 saturated heterocycles. The number of nitrogens with one attached hydrogen (secondary N) is 1. The first-order valence-electron chi connectivity index (χ1n) is 10.0. The molecule has 0 bridgehead atoms. The number of rotatable bonds is 3. The lowest BCUT2D eigenvalue weighted by Gasteiger charge is -2.58. The lowest BCUT2D eigenvalue weighted by Crippen LogP contribution is -2.59. The Morgan fingerprint density at radius 1 is 1.33 bits per heavy atom. The van der Waals surface area contributed by atoms with Crippen LogP contribution in [0, 0.1) is 16.7 Å². The van der Waals surface area contributed by atoms with Gasteiger partial charge in [-0.1, -0.05) is 19.9 Å². The molecular weight excluding hydrogens is 340 g/mol. The van der Waals surface area contributed by atoms with Gasteiger partial charge in [-0.25, -0.2) is 4.98 Å². The van der Waals surface area contributed by atoms with Gasteiger partial charge in [-0.3, -0.25) is 9.69 Å². The molecule has 5 rings (SSSR count). The van der Waals surface area contributed by atoms with E-state index in [2.05, 4.69) is 33.6 Å². The number of aromatic nitrogens is 2. The Balaban J connectivity index is 1.40. The Morgan fingerprint density at radius 3 is 2.93 bits per heavy atom. The number of fused-ring (bicyclic) bond motifs is 2. The van der Waals surface area contributed by atoms with Crippen molar-refractivity contribution in [2.45, 2.75) is 20.3 Å². The summed E-state index contributed by atoms with van der Waals surface area (Å²) in [5.74, 6) is 0.689. The molecule has 1 N–H and O–H groups in total. The van der Waals surface area contributed by atoms with E-state index in [4.69, 9.17) is 4.74 Å². The number of aromatic amines is 1. The minimum absolute atomic E-state index is 0.124. The maximum atomic E-state index is 13.4. The number of carbonyl (C=O) groups excluding carboxylic acids is 1. The molecule has 1 aromatic heterocycles. The van der Waals surface area contributed by atoms with Crippen molar-refractivity contribution in [2.75, 3.05) is 45.9 Å². The predicted molar refractivity (Wildman–Crippen MR) is 104 cm³/mol. The molecule has 3 heterocycles. The number of imidazole rings is 1. The van der Waals surface area contributed by atoms with E-state index in [1.165, 1.54) is 6.42 Å². The number of nitrogens with zero attached hydrogens (tertiary/aromatic N) is 3. The molecule has 6 heteroatoms. The zero-order valence-electron chi connectivity index (χ0n) is 16.2. The second kappa shape index (κ2) is 6.04. The van der Waals surface area contributed by atoms with Crippen LogP contribution in [-0.2, 0) is 4.74 Å². The summed E-state index contributed by atoms with van der Waals surface area (Å²) in [6.07, 6.45) is 2.86. The number of amides is 1. The molecule has 144 valence electrons. The zero-order chi connectivity index (χ0) is 18.6. The van der Waals surface area contributed by atoms with Gasteiger partial charge in [0.05, 0.1) is 30.6 Å². The summed E-state index contributed by atoms with van der Waals surface area (Å²) in [5, 5.41) is 0. The van der Waals surface area contributed by atoms with Gasteiger partial charge < -0.3 is 14.6 Å². The molecule has 2 atom stereocenters. The topological polar surface area (TPSA) is 61.5 Å². The van der Waals surface area contributed by atoms with Gasteiger partial charge in [-0.15, -0.1) is 0 Å². The quantitative estimate of drug-likeness (QED) is 0.904. The number of H-pyrrole nitrogens is 1. The Kier molecular flexibility index (Phi) is 3.85. The van der Waals surface area contributed by atoms with E-state index < -0.39 is 0 Å². The SMILES string of the molecule is CC1(C)C[C@]2(CN3CCOCC3)CN(C(=O)c3cccc4[nH]cnc34)C[C@H]12. The number of ether oxygens (including phenoxy) is 1. The van der Waals surface area contributed by atoms with Crippen LogP contribution >= 0.6 is 0 Å². The monoisotopic (exact) mass is 368 g/mol. The third kappa shape index (κ3) is 2.69. The van der Waals surface area contributed by atoms with Crippen LogP contribution in [0.4, 0.5) is 0 Å². The van der Waals surface area contributed by atoms with Gasteiger partial charge >= 0.3 is 0 Å². The van der Waals surface area contributed by atoms with Crippen molar-refractivity contribution < 1.29 is 9.53 Å². The lowest BCUT2D eigenvalue weighted by molar-refractivity contribution is -0.0966.